The Morgan fingerprint density at radius 3 is 2.78 bits per heavy atom. The molecule has 7 heteroatoms. The first-order valence-electron chi connectivity index (χ1n) is 5.42. The molecule has 0 aliphatic rings. The Morgan fingerprint density at radius 2 is 2.11 bits per heavy atom. The van der Waals surface area contributed by atoms with Gasteiger partial charge in [-0.15, -0.1) is 11.3 Å². The van der Waals surface area contributed by atoms with E-state index in [0.29, 0.717) is 17.7 Å². The van der Waals surface area contributed by atoms with Crippen LogP contribution in [0, 0.1) is 0 Å². The lowest BCUT2D eigenvalue weighted by molar-refractivity contribution is 0.432. The molecule has 0 atom stereocenters. The first-order valence-corrected chi connectivity index (χ1v) is 7.89. The van der Waals surface area contributed by atoms with Crippen LogP contribution in [0.3, 0.4) is 0 Å². The highest BCUT2D eigenvalue weighted by atomic mass is 32.2. The molecule has 1 aromatic heterocycles. The van der Waals surface area contributed by atoms with E-state index in [2.05, 4.69) is 4.98 Å². The number of fused-ring (bicyclic) bond motifs is 1. The third-order valence-corrected chi connectivity index (χ3v) is 5.63. The van der Waals surface area contributed by atoms with Crippen LogP contribution in [-0.4, -0.2) is 44.7 Å². The van der Waals surface area contributed by atoms with Crippen LogP contribution in [0.5, 0.6) is 0 Å². The summed E-state index contributed by atoms with van der Waals surface area (Å²) in [5.74, 6) is 0.0787. The molecule has 0 radical (unpaired) electrons. The molecule has 2 N–H and O–H groups in total. The van der Waals surface area contributed by atoms with Crippen molar-refractivity contribution in [1.29, 1.82) is 0 Å². The number of sulfone groups is 1. The second kappa shape index (κ2) is 4.83. The molecule has 0 spiro atoms. The van der Waals surface area contributed by atoms with Crippen LogP contribution < -0.4 is 5.73 Å². The fourth-order valence-electron chi connectivity index (χ4n) is 1.44. The van der Waals surface area contributed by atoms with Gasteiger partial charge in [-0.25, -0.2) is 13.4 Å². The predicted octanol–water partition coefficient (Wildman–Crippen LogP) is 1.21. The minimum atomic E-state index is -3.31. The molecule has 0 aliphatic carbocycles. The van der Waals surface area contributed by atoms with Crippen molar-refractivity contribution in [2.45, 2.75) is 4.34 Å². The third-order valence-electron chi connectivity index (χ3n) is 2.47. The maximum atomic E-state index is 12.1. The zero-order valence-corrected chi connectivity index (χ0v) is 11.9. The number of aromatic nitrogens is 1. The van der Waals surface area contributed by atoms with Crippen molar-refractivity contribution in [3.8, 4) is 0 Å². The van der Waals surface area contributed by atoms with Crippen LogP contribution in [0.2, 0.25) is 0 Å². The van der Waals surface area contributed by atoms with E-state index in [1.807, 2.05) is 19.0 Å². The van der Waals surface area contributed by atoms with Crippen LogP contribution in [0.15, 0.2) is 22.5 Å². The lowest BCUT2D eigenvalue weighted by atomic mass is 10.3. The van der Waals surface area contributed by atoms with Crippen LogP contribution in [0.4, 0.5) is 5.69 Å². The molecule has 0 aliphatic heterocycles. The molecule has 5 nitrogen and oxygen atoms in total. The van der Waals surface area contributed by atoms with E-state index in [1.165, 1.54) is 11.3 Å². The molecular weight excluding hydrogens is 270 g/mol. The number of rotatable bonds is 4. The normalized spacial score (nSPS) is 12.4. The van der Waals surface area contributed by atoms with Crippen LogP contribution in [0.1, 0.15) is 0 Å². The Hall–Kier alpha value is -1.18. The Morgan fingerprint density at radius 1 is 1.39 bits per heavy atom. The highest BCUT2D eigenvalue weighted by molar-refractivity contribution is 7.93. The standard InChI is InChI=1S/C11H15N3O2S2/c1-14(2)5-6-18(15,16)11-13-9-4-3-8(12)7-10(9)17-11/h3-4,7H,5-6,12H2,1-2H3. The van der Waals surface area contributed by atoms with Gasteiger partial charge in [0, 0.05) is 12.2 Å². The Kier molecular flexibility index (Phi) is 3.56. The number of hydrogen-bond acceptors (Lipinski definition) is 6. The quantitative estimate of drug-likeness (QED) is 0.855. The molecule has 0 fully saturated rings. The van der Waals surface area contributed by atoms with Gasteiger partial charge in [-0.3, -0.25) is 0 Å². The second-order valence-electron chi connectivity index (χ2n) is 4.33. The summed E-state index contributed by atoms with van der Waals surface area (Å²) in [6, 6.07) is 5.21. The average molecular weight is 285 g/mol. The van der Waals surface area contributed by atoms with Crippen molar-refractivity contribution < 1.29 is 8.42 Å². The molecule has 0 saturated carbocycles. The monoisotopic (exact) mass is 285 g/mol. The number of anilines is 1. The van der Waals surface area contributed by atoms with Gasteiger partial charge in [0.1, 0.15) is 0 Å². The van der Waals surface area contributed by atoms with Gasteiger partial charge in [-0.2, -0.15) is 0 Å². The summed E-state index contributed by atoms with van der Waals surface area (Å²) in [6.45, 7) is 0.487. The molecule has 98 valence electrons. The molecule has 2 aromatic rings. The number of hydrogen-bond donors (Lipinski definition) is 1. The summed E-state index contributed by atoms with van der Waals surface area (Å²) in [5, 5.41) is 0. The lowest BCUT2D eigenvalue weighted by Gasteiger charge is -2.07. The van der Waals surface area contributed by atoms with Gasteiger partial charge in [-0.1, -0.05) is 0 Å². The van der Waals surface area contributed by atoms with Crippen LogP contribution in [0.25, 0.3) is 10.2 Å². The molecular formula is C11H15N3O2S2. The molecule has 2 rings (SSSR count). The highest BCUT2D eigenvalue weighted by Gasteiger charge is 2.19. The summed E-state index contributed by atoms with van der Waals surface area (Å²) in [4.78, 5) is 6.00. The maximum absolute atomic E-state index is 12.1. The minimum Gasteiger partial charge on any atom is -0.399 e. The number of benzene rings is 1. The van der Waals surface area contributed by atoms with Crippen molar-refractivity contribution in [3.05, 3.63) is 18.2 Å². The Balaban J connectivity index is 2.36. The van der Waals surface area contributed by atoms with Crippen molar-refractivity contribution in [2.24, 2.45) is 0 Å². The van der Waals surface area contributed by atoms with Gasteiger partial charge in [0.2, 0.25) is 14.2 Å². The van der Waals surface area contributed by atoms with Crippen molar-refractivity contribution in [3.63, 3.8) is 0 Å². The summed E-state index contributed by atoms with van der Waals surface area (Å²) >= 11 is 1.17. The van der Waals surface area contributed by atoms with Gasteiger partial charge in [0.25, 0.3) is 0 Å². The summed E-state index contributed by atoms with van der Waals surface area (Å²) < 4.78 is 25.1. The van der Waals surface area contributed by atoms with Crippen LogP contribution in [-0.2, 0) is 9.84 Å². The number of nitrogens with two attached hydrogens (primary N) is 1. The van der Waals surface area contributed by atoms with Crippen molar-refractivity contribution in [1.82, 2.24) is 9.88 Å². The van der Waals surface area contributed by atoms with Gasteiger partial charge in [0.05, 0.1) is 16.0 Å². The number of nitrogen functional groups attached to an aromatic ring is 1. The van der Waals surface area contributed by atoms with E-state index in [4.69, 9.17) is 5.73 Å². The SMILES string of the molecule is CN(C)CCS(=O)(=O)c1nc2ccc(N)cc2s1. The Bertz CT molecular complexity index is 662. The molecule has 0 saturated heterocycles. The molecule has 1 aromatic carbocycles. The average Bonchev–Trinajstić information content (AvgIpc) is 2.70. The number of thiazole rings is 1. The first kappa shape index (κ1) is 13.3. The van der Waals surface area contributed by atoms with Gasteiger partial charge < -0.3 is 10.6 Å². The van der Waals surface area contributed by atoms with E-state index >= 15 is 0 Å². The van der Waals surface area contributed by atoms with Crippen molar-refractivity contribution in [2.75, 3.05) is 32.1 Å². The summed E-state index contributed by atoms with van der Waals surface area (Å²) in [7, 11) is 0.379. The fourth-order valence-corrected chi connectivity index (χ4v) is 4.23. The van der Waals surface area contributed by atoms with E-state index in [0.717, 1.165) is 4.70 Å². The largest absolute Gasteiger partial charge is 0.399 e. The molecule has 0 unspecified atom stereocenters. The zero-order chi connectivity index (χ0) is 13.3. The van der Waals surface area contributed by atoms with Gasteiger partial charge >= 0.3 is 0 Å². The molecule has 1 heterocycles. The smallest absolute Gasteiger partial charge is 0.210 e. The van der Waals surface area contributed by atoms with Crippen LogP contribution >= 0.6 is 11.3 Å². The summed E-state index contributed by atoms with van der Waals surface area (Å²) in [6.07, 6.45) is 0. The fraction of sp³-hybridized carbons (Fsp3) is 0.364. The molecule has 0 bridgehead atoms. The highest BCUT2D eigenvalue weighted by Crippen LogP contribution is 2.27. The second-order valence-corrected chi connectivity index (χ2v) is 7.64. The predicted molar refractivity (Wildman–Crippen MR) is 74.6 cm³/mol. The third kappa shape index (κ3) is 2.80. The topological polar surface area (TPSA) is 76.3 Å². The van der Waals surface area contributed by atoms with E-state index < -0.39 is 9.84 Å². The lowest BCUT2D eigenvalue weighted by Crippen LogP contribution is -2.21. The van der Waals surface area contributed by atoms with E-state index in [9.17, 15) is 8.42 Å². The maximum Gasteiger partial charge on any atom is 0.210 e. The van der Waals surface area contributed by atoms with E-state index in [1.54, 1.807) is 18.2 Å². The minimum absolute atomic E-state index is 0.0787. The molecule has 18 heavy (non-hydrogen) atoms. The molecule has 0 amide bonds. The zero-order valence-electron chi connectivity index (χ0n) is 10.3. The summed E-state index contributed by atoms with van der Waals surface area (Å²) in [5.41, 5.74) is 6.96. The van der Waals surface area contributed by atoms with Crippen molar-refractivity contribution >= 4 is 37.1 Å². The van der Waals surface area contributed by atoms with E-state index in [-0.39, 0.29) is 10.1 Å². The van der Waals surface area contributed by atoms with Gasteiger partial charge in [-0.05, 0) is 32.3 Å². The van der Waals surface area contributed by atoms with Gasteiger partial charge in [0.15, 0.2) is 0 Å². The first-order chi connectivity index (χ1) is 8.38. The number of nitrogens with zero attached hydrogens (tertiary/aromatic N) is 2. The Labute approximate surface area is 110 Å².